The molecule has 0 heterocycles. The Hall–Kier alpha value is -3.80. The summed E-state index contributed by atoms with van der Waals surface area (Å²) in [5.74, 6) is 1.38. The van der Waals surface area contributed by atoms with Crippen LogP contribution in [0.2, 0.25) is 0 Å². The Morgan fingerprint density at radius 2 is 1.53 bits per heavy atom. The van der Waals surface area contributed by atoms with Crippen LogP contribution in [-0.4, -0.2) is 35.5 Å². The largest absolute Gasteiger partial charge is 0.493 e. The minimum absolute atomic E-state index is 0.0527. The number of carboxylic acid groups (broad SMARTS) is 1. The summed E-state index contributed by atoms with van der Waals surface area (Å²) in [6.07, 6.45) is 2.26. The van der Waals surface area contributed by atoms with E-state index in [9.17, 15) is 9.59 Å². The predicted molar refractivity (Wildman–Crippen MR) is 120 cm³/mol. The number of methoxy groups -OCH3 is 1. The normalized spacial score (nSPS) is 12.8. The van der Waals surface area contributed by atoms with E-state index in [2.05, 4.69) is 0 Å². The molecule has 1 fully saturated rings. The van der Waals surface area contributed by atoms with Gasteiger partial charge >= 0.3 is 5.97 Å². The van der Waals surface area contributed by atoms with Crippen molar-refractivity contribution in [2.24, 2.45) is 5.92 Å². The molecular formula is C26H25NO5. The number of nitrogens with zero attached hydrogens (tertiary/aromatic N) is 1. The van der Waals surface area contributed by atoms with Crippen LogP contribution >= 0.6 is 0 Å². The molecule has 4 rings (SSSR count). The number of ether oxygens (including phenoxy) is 2. The van der Waals surface area contributed by atoms with Gasteiger partial charge in [0.05, 0.1) is 12.7 Å². The van der Waals surface area contributed by atoms with E-state index in [4.69, 9.17) is 14.6 Å². The monoisotopic (exact) mass is 431 g/mol. The Morgan fingerprint density at radius 3 is 2.12 bits per heavy atom. The van der Waals surface area contributed by atoms with Gasteiger partial charge in [-0.1, -0.05) is 24.3 Å². The van der Waals surface area contributed by atoms with Crippen molar-refractivity contribution in [3.8, 4) is 17.2 Å². The number of rotatable bonds is 9. The van der Waals surface area contributed by atoms with E-state index in [1.54, 1.807) is 55.6 Å². The van der Waals surface area contributed by atoms with Crippen LogP contribution in [0.25, 0.3) is 0 Å². The van der Waals surface area contributed by atoms with Gasteiger partial charge in [-0.2, -0.15) is 0 Å². The van der Waals surface area contributed by atoms with E-state index in [0.29, 0.717) is 41.8 Å². The topological polar surface area (TPSA) is 76.1 Å². The predicted octanol–water partition coefficient (Wildman–Crippen LogP) is 5.24. The van der Waals surface area contributed by atoms with Crippen molar-refractivity contribution >= 4 is 11.9 Å². The van der Waals surface area contributed by atoms with Crippen molar-refractivity contribution in [2.75, 3.05) is 13.7 Å². The highest BCUT2D eigenvalue weighted by atomic mass is 16.5. The van der Waals surface area contributed by atoms with Gasteiger partial charge in [0.25, 0.3) is 5.91 Å². The van der Waals surface area contributed by atoms with Gasteiger partial charge in [0.1, 0.15) is 5.75 Å². The Balaban J connectivity index is 1.47. The lowest BCUT2D eigenvalue weighted by molar-refractivity contribution is 0.0693. The zero-order chi connectivity index (χ0) is 22.5. The number of hydrogen-bond donors (Lipinski definition) is 1. The van der Waals surface area contributed by atoms with Crippen LogP contribution in [0.3, 0.4) is 0 Å². The van der Waals surface area contributed by atoms with Crippen molar-refractivity contribution in [3.63, 3.8) is 0 Å². The maximum absolute atomic E-state index is 13.2. The van der Waals surface area contributed by atoms with Crippen molar-refractivity contribution < 1.29 is 24.2 Å². The molecule has 0 unspecified atom stereocenters. The first kappa shape index (κ1) is 21.4. The van der Waals surface area contributed by atoms with Crippen molar-refractivity contribution in [3.05, 3.63) is 89.5 Å². The first-order valence-electron chi connectivity index (χ1n) is 10.6. The summed E-state index contributed by atoms with van der Waals surface area (Å²) in [6.45, 7) is 1.13. The number of carboxylic acids is 1. The van der Waals surface area contributed by atoms with E-state index >= 15 is 0 Å². The molecule has 0 atom stereocenters. The zero-order valence-electron chi connectivity index (χ0n) is 17.9. The van der Waals surface area contributed by atoms with Crippen LogP contribution in [0.5, 0.6) is 17.2 Å². The summed E-state index contributed by atoms with van der Waals surface area (Å²) >= 11 is 0. The van der Waals surface area contributed by atoms with Crippen molar-refractivity contribution in [1.82, 2.24) is 4.90 Å². The molecule has 0 saturated heterocycles. The quantitative estimate of drug-likeness (QED) is 0.502. The van der Waals surface area contributed by atoms with E-state index in [0.717, 1.165) is 18.4 Å². The number of hydrogen-bond acceptors (Lipinski definition) is 4. The second-order valence-corrected chi connectivity index (χ2v) is 7.91. The third kappa shape index (κ3) is 5.27. The minimum Gasteiger partial charge on any atom is -0.493 e. The van der Waals surface area contributed by atoms with Crippen molar-refractivity contribution in [1.29, 1.82) is 0 Å². The SMILES string of the molecule is COc1ccccc1Oc1ccc(C(=O)N(Cc2ccc(C(=O)O)cc2)CC2CC2)cc1. The standard InChI is InChI=1S/C26H25NO5/c1-31-23-4-2-3-5-24(23)32-22-14-12-20(13-15-22)25(28)27(16-18-6-7-18)17-19-8-10-21(11-9-19)26(29)30/h2-5,8-15,18H,6-7,16-17H2,1H3,(H,29,30). The van der Waals surface area contributed by atoms with Crippen LogP contribution in [0.4, 0.5) is 0 Å². The fourth-order valence-electron chi connectivity index (χ4n) is 3.48. The lowest BCUT2D eigenvalue weighted by atomic mass is 10.1. The maximum Gasteiger partial charge on any atom is 0.335 e. The number of aromatic carboxylic acids is 1. The summed E-state index contributed by atoms with van der Waals surface area (Å²) in [6, 6.07) is 21.1. The van der Waals surface area contributed by atoms with Gasteiger partial charge in [0.15, 0.2) is 11.5 Å². The third-order valence-corrected chi connectivity index (χ3v) is 5.44. The second kappa shape index (κ2) is 9.56. The van der Waals surface area contributed by atoms with E-state index < -0.39 is 5.97 Å². The number of carbonyl (C=O) groups is 2. The molecule has 0 bridgehead atoms. The van der Waals surface area contributed by atoms with Crippen molar-refractivity contribution in [2.45, 2.75) is 19.4 Å². The highest BCUT2D eigenvalue weighted by molar-refractivity contribution is 5.94. The van der Waals surface area contributed by atoms with Crippen LogP contribution in [-0.2, 0) is 6.54 Å². The highest BCUT2D eigenvalue weighted by Crippen LogP contribution is 2.32. The van der Waals surface area contributed by atoms with Gasteiger partial charge in [-0.05, 0) is 72.9 Å². The molecule has 6 nitrogen and oxygen atoms in total. The summed E-state index contributed by atoms with van der Waals surface area (Å²) in [5, 5.41) is 9.08. The number of benzene rings is 3. The molecule has 0 spiro atoms. The first-order valence-corrected chi connectivity index (χ1v) is 10.6. The molecule has 0 aromatic heterocycles. The Morgan fingerprint density at radius 1 is 0.906 bits per heavy atom. The van der Waals surface area contributed by atoms with Gasteiger partial charge in [0.2, 0.25) is 0 Å². The Labute approximate surface area is 187 Å². The molecule has 3 aromatic carbocycles. The zero-order valence-corrected chi connectivity index (χ0v) is 17.9. The average Bonchev–Trinajstić information content (AvgIpc) is 3.63. The summed E-state index contributed by atoms with van der Waals surface area (Å²) in [7, 11) is 1.59. The van der Waals surface area contributed by atoms with Crippen LogP contribution < -0.4 is 9.47 Å². The fraction of sp³-hybridized carbons (Fsp3) is 0.231. The van der Waals surface area contributed by atoms with Gasteiger partial charge in [-0.3, -0.25) is 4.79 Å². The van der Waals surface area contributed by atoms with E-state index in [1.165, 1.54) is 0 Å². The number of carbonyl (C=O) groups excluding carboxylic acids is 1. The highest BCUT2D eigenvalue weighted by Gasteiger charge is 2.27. The summed E-state index contributed by atoms with van der Waals surface area (Å²) in [4.78, 5) is 26.1. The van der Waals surface area contributed by atoms with Crippen LogP contribution in [0, 0.1) is 5.92 Å². The third-order valence-electron chi connectivity index (χ3n) is 5.44. The molecule has 32 heavy (non-hydrogen) atoms. The van der Waals surface area contributed by atoms with Crippen LogP contribution in [0.15, 0.2) is 72.8 Å². The molecule has 6 heteroatoms. The molecule has 1 aliphatic carbocycles. The van der Waals surface area contributed by atoms with E-state index in [-0.39, 0.29) is 11.5 Å². The molecule has 1 amide bonds. The molecule has 1 saturated carbocycles. The molecular weight excluding hydrogens is 406 g/mol. The molecule has 1 N–H and O–H groups in total. The lowest BCUT2D eigenvalue weighted by Gasteiger charge is -2.23. The lowest BCUT2D eigenvalue weighted by Crippen LogP contribution is -2.32. The van der Waals surface area contributed by atoms with Gasteiger partial charge in [0, 0.05) is 18.7 Å². The average molecular weight is 431 g/mol. The maximum atomic E-state index is 13.2. The molecule has 3 aromatic rings. The molecule has 0 radical (unpaired) electrons. The minimum atomic E-state index is -0.960. The van der Waals surface area contributed by atoms with Crippen LogP contribution in [0.1, 0.15) is 39.1 Å². The second-order valence-electron chi connectivity index (χ2n) is 7.91. The van der Waals surface area contributed by atoms with E-state index in [1.807, 2.05) is 29.2 Å². The Bertz CT molecular complexity index is 1090. The molecule has 164 valence electrons. The smallest absolute Gasteiger partial charge is 0.335 e. The van der Waals surface area contributed by atoms with Gasteiger partial charge in [-0.15, -0.1) is 0 Å². The Kier molecular flexibility index (Phi) is 6.40. The number of amides is 1. The van der Waals surface area contributed by atoms with Gasteiger partial charge in [-0.25, -0.2) is 4.79 Å². The summed E-state index contributed by atoms with van der Waals surface area (Å²) in [5.41, 5.74) is 1.72. The summed E-state index contributed by atoms with van der Waals surface area (Å²) < 4.78 is 11.2. The first-order chi connectivity index (χ1) is 15.5. The molecule has 1 aliphatic rings. The van der Waals surface area contributed by atoms with Gasteiger partial charge < -0.3 is 19.5 Å². The molecule has 0 aliphatic heterocycles. The fourth-order valence-corrected chi connectivity index (χ4v) is 3.48. The number of para-hydroxylation sites is 2.